The van der Waals surface area contributed by atoms with E-state index in [1.807, 2.05) is 7.05 Å². The Kier molecular flexibility index (Phi) is 9.76. The maximum atomic E-state index is 12.0. The van der Waals surface area contributed by atoms with E-state index in [1.165, 1.54) is 6.42 Å². The summed E-state index contributed by atoms with van der Waals surface area (Å²) in [4.78, 5) is 25.7. The van der Waals surface area contributed by atoms with Gasteiger partial charge in [-0.2, -0.15) is 0 Å². The summed E-state index contributed by atoms with van der Waals surface area (Å²) in [5.74, 6) is -0.354. The van der Waals surface area contributed by atoms with Gasteiger partial charge in [0.15, 0.2) is 0 Å². The molecule has 1 N–H and O–H groups in total. The van der Waals surface area contributed by atoms with Crippen LogP contribution in [0.4, 0.5) is 4.79 Å². The summed E-state index contributed by atoms with van der Waals surface area (Å²) in [6.45, 7) is 10.9. The van der Waals surface area contributed by atoms with Crippen molar-refractivity contribution in [1.82, 2.24) is 10.2 Å². The van der Waals surface area contributed by atoms with E-state index >= 15 is 0 Å². The number of hydrogen-bond donors (Lipinski definition) is 1. The highest BCUT2D eigenvalue weighted by atomic mass is 16.6. The van der Waals surface area contributed by atoms with Gasteiger partial charge in [-0.25, -0.2) is 4.79 Å². The van der Waals surface area contributed by atoms with Crippen LogP contribution >= 0.6 is 0 Å². The van der Waals surface area contributed by atoms with Crippen molar-refractivity contribution < 1.29 is 19.1 Å². The largest absolute Gasteiger partial charge is 0.462 e. The summed E-state index contributed by atoms with van der Waals surface area (Å²) in [6.07, 6.45) is 4.59. The monoisotopic (exact) mass is 340 g/mol. The van der Waals surface area contributed by atoms with Crippen molar-refractivity contribution in [3.05, 3.63) is 13.8 Å². The molecule has 138 valence electrons. The molecule has 1 saturated heterocycles. The van der Waals surface area contributed by atoms with Crippen LogP contribution in [0.2, 0.25) is 0 Å². The summed E-state index contributed by atoms with van der Waals surface area (Å²) >= 11 is 0. The molecule has 1 amide bonds. The molecule has 1 fully saturated rings. The van der Waals surface area contributed by atoms with Crippen LogP contribution in [0.25, 0.3) is 0 Å². The Morgan fingerprint density at radius 2 is 1.88 bits per heavy atom. The molecule has 0 aromatic rings. The lowest BCUT2D eigenvalue weighted by atomic mass is 10.1. The lowest BCUT2D eigenvalue weighted by Crippen LogP contribution is -2.57. The van der Waals surface area contributed by atoms with Gasteiger partial charge in [-0.05, 0) is 40.2 Å². The SMILES string of the molecule is [CH2]C([CH2])OC(=O)CCC(CCCCCC)OC(=O)NC1CN(C)C1. The van der Waals surface area contributed by atoms with Crippen LogP contribution in [-0.4, -0.2) is 55.3 Å². The van der Waals surface area contributed by atoms with E-state index in [1.54, 1.807) is 0 Å². The number of esters is 1. The number of nitrogens with one attached hydrogen (secondary N) is 1. The lowest BCUT2D eigenvalue weighted by Gasteiger charge is -2.36. The zero-order valence-corrected chi connectivity index (χ0v) is 15.1. The molecule has 1 rings (SSSR count). The van der Waals surface area contributed by atoms with Crippen molar-refractivity contribution >= 4 is 12.1 Å². The second-order valence-electron chi connectivity index (χ2n) is 6.59. The van der Waals surface area contributed by atoms with Gasteiger partial charge in [-0.15, -0.1) is 0 Å². The van der Waals surface area contributed by atoms with E-state index < -0.39 is 12.2 Å². The summed E-state index contributed by atoms with van der Waals surface area (Å²) in [7, 11) is 2.00. The molecule has 1 aliphatic heterocycles. The van der Waals surface area contributed by atoms with Gasteiger partial charge >= 0.3 is 12.1 Å². The number of nitrogens with zero attached hydrogens (tertiary/aromatic N) is 1. The van der Waals surface area contributed by atoms with E-state index in [9.17, 15) is 9.59 Å². The van der Waals surface area contributed by atoms with Gasteiger partial charge in [-0.1, -0.05) is 26.2 Å². The molecule has 1 atom stereocenters. The van der Waals surface area contributed by atoms with Crippen LogP contribution in [0.15, 0.2) is 0 Å². The quantitative estimate of drug-likeness (QED) is 0.463. The number of likely N-dealkylation sites (tertiary alicyclic amines) is 1. The average molecular weight is 340 g/mol. The van der Waals surface area contributed by atoms with E-state index in [4.69, 9.17) is 9.47 Å². The molecule has 1 heterocycles. The van der Waals surface area contributed by atoms with Crippen molar-refractivity contribution in [2.45, 2.75) is 70.1 Å². The summed E-state index contributed by atoms with van der Waals surface area (Å²) < 4.78 is 10.4. The third kappa shape index (κ3) is 9.11. The number of alkyl carbamates (subject to hydrolysis) is 1. The summed E-state index contributed by atoms with van der Waals surface area (Å²) in [6, 6.07) is 0.159. The van der Waals surface area contributed by atoms with Gasteiger partial charge in [0.25, 0.3) is 0 Å². The standard InChI is InChI=1S/C18H32N2O4/c1-5-6-7-8-9-16(10-11-17(21)23-14(2)3)24-18(22)19-15-12-20(4)13-15/h14-16H,2-3,5-13H2,1,4H3,(H,19,22). The molecule has 1 unspecified atom stereocenters. The number of likely N-dealkylation sites (N-methyl/N-ethyl adjacent to an activating group) is 1. The Hall–Kier alpha value is -1.30. The minimum Gasteiger partial charge on any atom is -0.462 e. The molecule has 0 bridgehead atoms. The molecular weight excluding hydrogens is 308 g/mol. The number of carbonyl (C=O) groups excluding carboxylic acids is 2. The second-order valence-corrected chi connectivity index (χ2v) is 6.59. The van der Waals surface area contributed by atoms with E-state index in [-0.39, 0.29) is 24.5 Å². The van der Waals surface area contributed by atoms with Crippen molar-refractivity contribution in [1.29, 1.82) is 0 Å². The first-order chi connectivity index (χ1) is 11.4. The highest BCUT2D eigenvalue weighted by molar-refractivity contribution is 5.70. The number of unbranched alkanes of at least 4 members (excludes halogenated alkanes) is 3. The zero-order valence-electron chi connectivity index (χ0n) is 15.1. The van der Waals surface area contributed by atoms with Gasteiger partial charge in [0.1, 0.15) is 12.2 Å². The predicted octanol–water partition coefficient (Wildman–Crippen LogP) is 2.73. The smallest absolute Gasteiger partial charge is 0.407 e. The molecule has 0 spiro atoms. The van der Waals surface area contributed by atoms with Crippen LogP contribution in [0.1, 0.15) is 51.9 Å². The predicted molar refractivity (Wildman–Crippen MR) is 93.3 cm³/mol. The maximum absolute atomic E-state index is 12.0. The van der Waals surface area contributed by atoms with E-state index in [0.29, 0.717) is 6.42 Å². The first-order valence-electron chi connectivity index (χ1n) is 8.92. The molecule has 1 aliphatic rings. The minimum atomic E-state index is -0.611. The normalized spacial score (nSPS) is 16.5. The zero-order chi connectivity index (χ0) is 17.9. The molecule has 0 saturated carbocycles. The number of amides is 1. The minimum absolute atomic E-state index is 0.159. The van der Waals surface area contributed by atoms with Gasteiger partial charge in [0.05, 0.1) is 6.04 Å². The van der Waals surface area contributed by atoms with Crippen LogP contribution in [0.3, 0.4) is 0 Å². The van der Waals surface area contributed by atoms with Crippen LogP contribution in [0, 0.1) is 13.8 Å². The van der Waals surface area contributed by atoms with Gasteiger partial charge in [0, 0.05) is 19.5 Å². The second kappa shape index (κ2) is 11.3. The Labute approximate surface area is 146 Å². The molecule has 2 radical (unpaired) electrons. The number of rotatable bonds is 11. The number of carbonyl (C=O) groups is 2. The molecule has 0 aliphatic carbocycles. The summed E-state index contributed by atoms with van der Waals surface area (Å²) in [5.41, 5.74) is 0. The van der Waals surface area contributed by atoms with E-state index in [2.05, 4.69) is 31.0 Å². The van der Waals surface area contributed by atoms with Crippen molar-refractivity contribution in [2.75, 3.05) is 20.1 Å². The van der Waals surface area contributed by atoms with Crippen molar-refractivity contribution in [2.24, 2.45) is 0 Å². The number of ether oxygens (including phenoxy) is 2. The fraction of sp³-hybridized carbons (Fsp3) is 0.778. The van der Waals surface area contributed by atoms with Crippen LogP contribution in [0.5, 0.6) is 0 Å². The molecule has 0 aromatic carbocycles. The van der Waals surface area contributed by atoms with Crippen molar-refractivity contribution in [3.8, 4) is 0 Å². The Morgan fingerprint density at radius 3 is 2.46 bits per heavy atom. The number of hydrogen-bond acceptors (Lipinski definition) is 5. The van der Waals surface area contributed by atoms with Crippen LogP contribution < -0.4 is 5.32 Å². The Balaban J connectivity index is 2.35. The Bertz CT molecular complexity index is 381. The van der Waals surface area contributed by atoms with Gasteiger partial charge in [0.2, 0.25) is 0 Å². The average Bonchev–Trinajstić information content (AvgIpc) is 2.46. The maximum Gasteiger partial charge on any atom is 0.407 e. The third-order valence-electron chi connectivity index (χ3n) is 4.01. The lowest BCUT2D eigenvalue weighted by molar-refractivity contribution is -0.146. The molecule has 6 heteroatoms. The molecule has 24 heavy (non-hydrogen) atoms. The highest BCUT2D eigenvalue weighted by Crippen LogP contribution is 2.15. The molecular formula is C18H32N2O4. The van der Waals surface area contributed by atoms with E-state index in [0.717, 1.165) is 38.8 Å². The molecule has 0 aromatic heterocycles. The third-order valence-corrected chi connectivity index (χ3v) is 4.01. The fourth-order valence-corrected chi connectivity index (χ4v) is 2.73. The first-order valence-corrected chi connectivity index (χ1v) is 8.92. The van der Waals surface area contributed by atoms with Gasteiger partial charge < -0.3 is 19.7 Å². The van der Waals surface area contributed by atoms with Crippen molar-refractivity contribution in [3.63, 3.8) is 0 Å². The summed E-state index contributed by atoms with van der Waals surface area (Å²) in [5, 5.41) is 2.86. The van der Waals surface area contributed by atoms with Gasteiger partial charge in [-0.3, -0.25) is 4.79 Å². The highest BCUT2D eigenvalue weighted by Gasteiger charge is 2.26. The van der Waals surface area contributed by atoms with Crippen LogP contribution in [-0.2, 0) is 14.3 Å². The Morgan fingerprint density at radius 1 is 1.17 bits per heavy atom. The fourth-order valence-electron chi connectivity index (χ4n) is 2.73. The topological polar surface area (TPSA) is 67.9 Å². The first kappa shape index (κ1) is 20.7. The molecule has 6 nitrogen and oxygen atoms in total.